The summed E-state index contributed by atoms with van der Waals surface area (Å²) in [6, 6.07) is 10.8. The van der Waals surface area contributed by atoms with E-state index >= 15 is 0 Å². The third-order valence-electron chi connectivity index (χ3n) is 5.77. The van der Waals surface area contributed by atoms with Crippen LogP contribution in [0.5, 0.6) is 11.6 Å². The number of methoxy groups -OCH3 is 2. The lowest BCUT2D eigenvalue weighted by atomic mass is 10.1. The van der Waals surface area contributed by atoms with E-state index in [9.17, 15) is 8.42 Å². The van der Waals surface area contributed by atoms with Gasteiger partial charge in [-0.25, -0.2) is 18.4 Å². The van der Waals surface area contributed by atoms with Gasteiger partial charge >= 0.3 is 0 Å². The Bertz CT molecular complexity index is 1420. The molecular weight excluding hydrogens is 484 g/mol. The highest BCUT2D eigenvalue weighted by Gasteiger charge is 2.32. The molecule has 13 heteroatoms. The van der Waals surface area contributed by atoms with Crippen molar-refractivity contribution in [3.63, 3.8) is 0 Å². The van der Waals surface area contributed by atoms with Gasteiger partial charge in [0.2, 0.25) is 21.9 Å². The zero-order chi connectivity index (χ0) is 25.9. The molecule has 3 N–H and O–H groups in total. The van der Waals surface area contributed by atoms with Crippen LogP contribution in [0.3, 0.4) is 0 Å². The Morgan fingerprint density at radius 3 is 2.36 bits per heavy atom. The number of pyridine rings is 1. The number of hydrogen-bond acceptors (Lipinski definition) is 10. The van der Waals surface area contributed by atoms with E-state index in [2.05, 4.69) is 29.9 Å². The number of nitrogens with zero attached hydrogens (tertiary/aromatic N) is 6. The molecule has 3 aromatic heterocycles. The maximum Gasteiger partial charge on any atom is 0.243 e. The molecule has 0 aliphatic heterocycles. The van der Waals surface area contributed by atoms with Crippen LogP contribution in [0.15, 0.2) is 55.0 Å². The van der Waals surface area contributed by atoms with Crippen LogP contribution in [-0.2, 0) is 10.0 Å². The SMILES string of the molecule is COc1ccnc(OC)c1-n1c(NS(=O)(=O)[C@@H](C)[C@H](C)c2cnc(N)cn2)nnc1-c1ccccc1. The molecule has 0 saturated heterocycles. The van der Waals surface area contributed by atoms with Crippen molar-refractivity contribution in [1.29, 1.82) is 0 Å². The Morgan fingerprint density at radius 2 is 1.72 bits per heavy atom. The molecule has 1 aromatic carbocycles. The van der Waals surface area contributed by atoms with Crippen LogP contribution in [0.2, 0.25) is 0 Å². The average Bonchev–Trinajstić information content (AvgIpc) is 3.30. The number of nitrogen functional groups attached to an aromatic ring is 1. The first kappa shape index (κ1) is 24.9. The van der Waals surface area contributed by atoms with Gasteiger partial charge < -0.3 is 15.2 Å². The van der Waals surface area contributed by atoms with Crippen LogP contribution in [-0.4, -0.2) is 57.6 Å². The maximum atomic E-state index is 13.5. The van der Waals surface area contributed by atoms with Gasteiger partial charge in [0.15, 0.2) is 11.5 Å². The minimum Gasteiger partial charge on any atom is -0.494 e. The molecule has 36 heavy (non-hydrogen) atoms. The number of benzene rings is 1. The molecule has 0 radical (unpaired) electrons. The van der Waals surface area contributed by atoms with E-state index in [-0.39, 0.29) is 17.6 Å². The van der Waals surface area contributed by atoms with Gasteiger partial charge in [-0.15, -0.1) is 10.2 Å². The molecule has 0 spiro atoms. The van der Waals surface area contributed by atoms with Gasteiger partial charge in [0.05, 0.1) is 37.6 Å². The summed E-state index contributed by atoms with van der Waals surface area (Å²) in [6.45, 7) is 3.33. The molecule has 188 valence electrons. The lowest BCUT2D eigenvalue weighted by Crippen LogP contribution is -2.31. The van der Waals surface area contributed by atoms with Crippen LogP contribution in [0.1, 0.15) is 25.5 Å². The molecule has 0 aliphatic rings. The molecule has 0 amide bonds. The Labute approximate surface area is 208 Å². The quantitative estimate of drug-likeness (QED) is 0.342. The van der Waals surface area contributed by atoms with Crippen molar-refractivity contribution >= 4 is 21.8 Å². The number of anilines is 2. The fourth-order valence-electron chi connectivity index (χ4n) is 3.59. The molecule has 0 saturated carbocycles. The van der Waals surface area contributed by atoms with Gasteiger partial charge in [0, 0.05) is 23.7 Å². The average molecular weight is 511 g/mol. The summed E-state index contributed by atoms with van der Waals surface area (Å²) in [5.74, 6) is 0.649. The summed E-state index contributed by atoms with van der Waals surface area (Å²) < 4.78 is 42.1. The molecule has 12 nitrogen and oxygen atoms in total. The highest BCUT2D eigenvalue weighted by molar-refractivity contribution is 7.93. The number of sulfonamides is 1. The molecule has 0 unspecified atom stereocenters. The third-order valence-corrected chi connectivity index (χ3v) is 7.63. The first-order chi connectivity index (χ1) is 17.3. The van der Waals surface area contributed by atoms with Crippen molar-refractivity contribution in [2.45, 2.75) is 25.0 Å². The highest BCUT2D eigenvalue weighted by atomic mass is 32.2. The first-order valence-electron chi connectivity index (χ1n) is 10.9. The Morgan fingerprint density at radius 1 is 0.972 bits per heavy atom. The number of nitrogens with one attached hydrogen (secondary N) is 1. The fourth-order valence-corrected chi connectivity index (χ4v) is 4.84. The standard InChI is InChI=1S/C23H26N8O4S/c1-14(17-12-27-19(24)13-26-17)15(2)36(32,33)30-23-29-28-21(16-8-6-5-7-9-16)31(23)20-18(34-3)10-11-25-22(20)35-4/h5-15H,1-4H3,(H2,24,27)(H,29,30)/t14-,15-/m0/s1. The maximum absolute atomic E-state index is 13.5. The monoisotopic (exact) mass is 510 g/mol. The Hall–Kier alpha value is -4.26. The Balaban J connectivity index is 1.81. The summed E-state index contributed by atoms with van der Waals surface area (Å²) in [5, 5.41) is 7.55. The number of ether oxygens (including phenoxy) is 2. The van der Waals surface area contributed by atoms with Gasteiger partial charge in [-0.2, -0.15) is 0 Å². The van der Waals surface area contributed by atoms with Crippen LogP contribution >= 0.6 is 0 Å². The summed E-state index contributed by atoms with van der Waals surface area (Å²) in [4.78, 5) is 12.5. The van der Waals surface area contributed by atoms with E-state index in [1.54, 1.807) is 19.9 Å². The van der Waals surface area contributed by atoms with Crippen LogP contribution in [0, 0.1) is 0 Å². The lowest BCUT2D eigenvalue weighted by molar-refractivity contribution is 0.379. The summed E-state index contributed by atoms with van der Waals surface area (Å²) >= 11 is 0. The predicted octanol–water partition coefficient (Wildman–Crippen LogP) is 2.65. The van der Waals surface area contributed by atoms with Gasteiger partial charge in [0.1, 0.15) is 11.6 Å². The largest absolute Gasteiger partial charge is 0.494 e. The van der Waals surface area contributed by atoms with E-state index in [1.807, 2.05) is 30.3 Å². The smallest absolute Gasteiger partial charge is 0.243 e. The van der Waals surface area contributed by atoms with Crippen LogP contribution < -0.4 is 19.9 Å². The van der Waals surface area contributed by atoms with Gasteiger partial charge in [0.25, 0.3) is 0 Å². The van der Waals surface area contributed by atoms with Crippen molar-refractivity contribution in [2.24, 2.45) is 0 Å². The second-order valence-electron chi connectivity index (χ2n) is 7.93. The molecule has 0 aliphatic carbocycles. The van der Waals surface area contributed by atoms with E-state index < -0.39 is 21.2 Å². The second-order valence-corrected chi connectivity index (χ2v) is 9.96. The topological polar surface area (TPSA) is 160 Å². The number of aromatic nitrogens is 6. The normalized spacial score (nSPS) is 13.1. The molecule has 2 atom stereocenters. The number of hydrogen-bond donors (Lipinski definition) is 2. The molecule has 4 aromatic rings. The van der Waals surface area contributed by atoms with Crippen molar-refractivity contribution in [2.75, 3.05) is 24.7 Å². The van der Waals surface area contributed by atoms with Gasteiger partial charge in [-0.1, -0.05) is 37.3 Å². The first-order valence-corrected chi connectivity index (χ1v) is 12.5. The van der Waals surface area contributed by atoms with Crippen molar-refractivity contribution in [3.05, 3.63) is 60.7 Å². The zero-order valence-corrected chi connectivity index (χ0v) is 21.0. The molecule has 4 rings (SSSR count). The third kappa shape index (κ3) is 4.77. The minimum absolute atomic E-state index is 0.0547. The number of nitrogens with two attached hydrogens (primary N) is 1. The van der Waals surface area contributed by atoms with Gasteiger partial charge in [-0.3, -0.25) is 14.3 Å². The Kier molecular flexibility index (Phi) is 7.01. The zero-order valence-electron chi connectivity index (χ0n) is 20.2. The molecule has 0 fully saturated rings. The second kappa shape index (κ2) is 10.2. The minimum atomic E-state index is -3.98. The van der Waals surface area contributed by atoms with E-state index in [4.69, 9.17) is 15.2 Å². The van der Waals surface area contributed by atoms with Crippen molar-refractivity contribution in [3.8, 4) is 28.7 Å². The predicted molar refractivity (Wildman–Crippen MR) is 135 cm³/mol. The highest BCUT2D eigenvalue weighted by Crippen LogP contribution is 2.36. The summed E-state index contributed by atoms with van der Waals surface area (Å²) in [5.41, 5.74) is 7.14. The molecular formula is C23H26N8O4S. The summed E-state index contributed by atoms with van der Waals surface area (Å²) in [7, 11) is -1.03. The van der Waals surface area contributed by atoms with Crippen LogP contribution in [0.25, 0.3) is 17.1 Å². The van der Waals surface area contributed by atoms with Gasteiger partial charge in [-0.05, 0) is 6.92 Å². The van der Waals surface area contributed by atoms with E-state index in [1.165, 1.54) is 37.4 Å². The van der Waals surface area contributed by atoms with E-state index in [0.29, 0.717) is 28.5 Å². The number of rotatable bonds is 9. The van der Waals surface area contributed by atoms with E-state index in [0.717, 1.165) is 0 Å². The van der Waals surface area contributed by atoms with Crippen molar-refractivity contribution in [1.82, 2.24) is 29.7 Å². The van der Waals surface area contributed by atoms with Crippen LogP contribution in [0.4, 0.5) is 11.8 Å². The molecule has 3 heterocycles. The fraction of sp³-hybridized carbons (Fsp3) is 0.261. The molecule has 0 bridgehead atoms. The lowest BCUT2D eigenvalue weighted by Gasteiger charge is -2.21. The van der Waals surface area contributed by atoms with Crippen molar-refractivity contribution < 1.29 is 17.9 Å². The summed E-state index contributed by atoms with van der Waals surface area (Å²) in [6.07, 6.45) is 4.38.